The summed E-state index contributed by atoms with van der Waals surface area (Å²) < 4.78 is 0. The molecule has 1 aliphatic heterocycles. The third-order valence-corrected chi connectivity index (χ3v) is 3.86. The number of hydrogen-bond acceptors (Lipinski definition) is 4. The minimum absolute atomic E-state index is 0.397. The van der Waals surface area contributed by atoms with E-state index in [1.807, 2.05) is 6.07 Å². The number of anilines is 2. The molecule has 0 radical (unpaired) electrons. The lowest BCUT2D eigenvalue weighted by Crippen LogP contribution is -2.45. The SMILES string of the molecule is CN1CCCC(N(C)c2ccc(N)c(C(N)=O)c2)C1. The van der Waals surface area contributed by atoms with Gasteiger partial charge in [0.2, 0.25) is 0 Å². The number of primary amides is 1. The van der Waals surface area contributed by atoms with E-state index in [-0.39, 0.29) is 0 Å². The Morgan fingerprint density at radius 1 is 1.47 bits per heavy atom. The molecule has 1 aromatic rings. The number of carbonyl (C=O) groups is 1. The van der Waals surface area contributed by atoms with E-state index >= 15 is 0 Å². The van der Waals surface area contributed by atoms with E-state index in [1.165, 1.54) is 6.42 Å². The van der Waals surface area contributed by atoms with E-state index in [0.29, 0.717) is 17.3 Å². The highest BCUT2D eigenvalue weighted by Gasteiger charge is 2.22. The van der Waals surface area contributed by atoms with Crippen LogP contribution in [0.5, 0.6) is 0 Å². The highest BCUT2D eigenvalue weighted by Crippen LogP contribution is 2.24. The molecular weight excluding hydrogens is 240 g/mol. The summed E-state index contributed by atoms with van der Waals surface area (Å²) in [5.41, 5.74) is 12.9. The summed E-state index contributed by atoms with van der Waals surface area (Å²) >= 11 is 0. The van der Waals surface area contributed by atoms with Crippen LogP contribution in [-0.2, 0) is 0 Å². The molecule has 1 fully saturated rings. The molecule has 2 rings (SSSR count). The van der Waals surface area contributed by atoms with Gasteiger partial charge in [-0.2, -0.15) is 0 Å². The van der Waals surface area contributed by atoms with Crippen LogP contribution in [0.4, 0.5) is 11.4 Å². The number of nitrogens with two attached hydrogens (primary N) is 2. The van der Waals surface area contributed by atoms with Crippen LogP contribution >= 0.6 is 0 Å². The van der Waals surface area contributed by atoms with Gasteiger partial charge in [-0.25, -0.2) is 0 Å². The lowest BCUT2D eigenvalue weighted by molar-refractivity contribution is 0.100. The number of amides is 1. The van der Waals surface area contributed by atoms with Crippen LogP contribution in [0.15, 0.2) is 18.2 Å². The van der Waals surface area contributed by atoms with Gasteiger partial charge in [-0.15, -0.1) is 0 Å². The summed E-state index contributed by atoms with van der Waals surface area (Å²) in [6, 6.07) is 5.93. The number of hydrogen-bond donors (Lipinski definition) is 2. The predicted molar refractivity (Wildman–Crippen MR) is 78.3 cm³/mol. The molecule has 0 spiro atoms. The molecule has 1 amide bonds. The van der Waals surface area contributed by atoms with E-state index < -0.39 is 5.91 Å². The van der Waals surface area contributed by atoms with Gasteiger partial charge in [-0.1, -0.05) is 0 Å². The number of likely N-dealkylation sites (N-methyl/N-ethyl adjacent to an activating group) is 2. The summed E-state index contributed by atoms with van der Waals surface area (Å²) in [4.78, 5) is 15.9. The Morgan fingerprint density at radius 2 is 2.21 bits per heavy atom. The zero-order valence-corrected chi connectivity index (χ0v) is 11.6. The first-order valence-electron chi connectivity index (χ1n) is 6.59. The fourth-order valence-corrected chi connectivity index (χ4v) is 2.64. The van der Waals surface area contributed by atoms with Gasteiger partial charge in [0, 0.05) is 31.0 Å². The van der Waals surface area contributed by atoms with Gasteiger partial charge < -0.3 is 21.3 Å². The molecule has 0 aromatic heterocycles. The van der Waals surface area contributed by atoms with Gasteiger partial charge in [0.25, 0.3) is 5.91 Å². The zero-order valence-electron chi connectivity index (χ0n) is 11.6. The van der Waals surface area contributed by atoms with E-state index in [1.54, 1.807) is 12.1 Å². The maximum Gasteiger partial charge on any atom is 0.250 e. The largest absolute Gasteiger partial charge is 0.398 e. The summed E-state index contributed by atoms with van der Waals surface area (Å²) in [7, 11) is 4.19. The van der Waals surface area contributed by atoms with E-state index in [9.17, 15) is 4.79 Å². The quantitative estimate of drug-likeness (QED) is 0.794. The van der Waals surface area contributed by atoms with Crippen LogP contribution in [0.2, 0.25) is 0 Å². The third kappa shape index (κ3) is 2.98. The number of piperidine rings is 1. The normalized spacial score (nSPS) is 20.2. The molecule has 5 nitrogen and oxygen atoms in total. The smallest absolute Gasteiger partial charge is 0.250 e. The molecule has 4 N–H and O–H groups in total. The standard InChI is InChI=1S/C14H22N4O/c1-17-7-3-4-11(9-17)18(2)10-5-6-13(15)12(8-10)14(16)19/h5-6,8,11H,3-4,7,9,15H2,1-2H3,(H2,16,19). The Kier molecular flexibility index (Phi) is 3.95. The Morgan fingerprint density at radius 3 is 2.84 bits per heavy atom. The molecule has 1 unspecified atom stereocenters. The van der Waals surface area contributed by atoms with Crippen molar-refractivity contribution in [3.8, 4) is 0 Å². The minimum Gasteiger partial charge on any atom is -0.398 e. The first kappa shape index (κ1) is 13.7. The monoisotopic (exact) mass is 262 g/mol. The predicted octanol–water partition coefficient (Wildman–Crippen LogP) is 0.898. The van der Waals surface area contributed by atoms with Crippen molar-refractivity contribution in [3.05, 3.63) is 23.8 Å². The Balaban J connectivity index is 2.21. The third-order valence-electron chi connectivity index (χ3n) is 3.86. The summed E-state index contributed by atoms with van der Waals surface area (Å²) in [6.07, 6.45) is 2.36. The van der Waals surface area contributed by atoms with Gasteiger partial charge in [-0.05, 0) is 44.6 Å². The molecule has 1 atom stereocenters. The second-order valence-corrected chi connectivity index (χ2v) is 5.31. The number of nitrogens with zero attached hydrogens (tertiary/aromatic N) is 2. The van der Waals surface area contributed by atoms with Crippen molar-refractivity contribution in [1.82, 2.24) is 4.90 Å². The maximum atomic E-state index is 11.3. The molecule has 0 saturated carbocycles. The van der Waals surface area contributed by atoms with Gasteiger partial charge in [0.05, 0.1) is 5.56 Å². The molecule has 5 heteroatoms. The number of benzene rings is 1. The average molecular weight is 262 g/mol. The van der Waals surface area contributed by atoms with Crippen molar-refractivity contribution in [2.24, 2.45) is 5.73 Å². The molecule has 1 aromatic carbocycles. The van der Waals surface area contributed by atoms with Crippen LogP contribution in [0.3, 0.4) is 0 Å². The van der Waals surface area contributed by atoms with Gasteiger partial charge in [-0.3, -0.25) is 4.79 Å². The lowest BCUT2D eigenvalue weighted by Gasteiger charge is -2.37. The van der Waals surface area contributed by atoms with Gasteiger partial charge in [0.1, 0.15) is 0 Å². The van der Waals surface area contributed by atoms with Crippen molar-refractivity contribution in [1.29, 1.82) is 0 Å². The van der Waals surface area contributed by atoms with Crippen LogP contribution in [0.25, 0.3) is 0 Å². The van der Waals surface area contributed by atoms with Crippen LogP contribution in [0, 0.1) is 0 Å². The average Bonchev–Trinajstić information content (AvgIpc) is 2.38. The second kappa shape index (κ2) is 5.48. The highest BCUT2D eigenvalue weighted by molar-refractivity contribution is 5.99. The van der Waals surface area contributed by atoms with Crippen molar-refractivity contribution in [2.75, 3.05) is 37.8 Å². The molecule has 1 aliphatic rings. The Labute approximate surface area is 114 Å². The van der Waals surface area contributed by atoms with E-state index in [4.69, 9.17) is 11.5 Å². The fraction of sp³-hybridized carbons (Fsp3) is 0.500. The molecule has 1 saturated heterocycles. The summed E-state index contributed by atoms with van der Waals surface area (Å²) in [5, 5.41) is 0. The molecular formula is C14H22N4O. The minimum atomic E-state index is -0.478. The number of carbonyl (C=O) groups excluding carboxylic acids is 1. The van der Waals surface area contributed by atoms with Crippen molar-refractivity contribution < 1.29 is 4.79 Å². The maximum absolute atomic E-state index is 11.3. The molecule has 19 heavy (non-hydrogen) atoms. The Hall–Kier alpha value is -1.75. The molecule has 104 valence electrons. The second-order valence-electron chi connectivity index (χ2n) is 5.31. The summed E-state index contributed by atoms with van der Waals surface area (Å²) in [5.74, 6) is -0.478. The molecule has 0 bridgehead atoms. The lowest BCUT2D eigenvalue weighted by atomic mass is 10.0. The topological polar surface area (TPSA) is 75.6 Å². The number of nitrogen functional groups attached to an aromatic ring is 1. The summed E-state index contributed by atoms with van der Waals surface area (Å²) in [6.45, 7) is 2.19. The Bertz CT molecular complexity index is 475. The first-order valence-corrected chi connectivity index (χ1v) is 6.59. The molecule has 0 aliphatic carbocycles. The van der Waals surface area contributed by atoms with Crippen LogP contribution in [0.1, 0.15) is 23.2 Å². The van der Waals surface area contributed by atoms with Gasteiger partial charge in [0.15, 0.2) is 0 Å². The van der Waals surface area contributed by atoms with Crippen molar-refractivity contribution >= 4 is 17.3 Å². The van der Waals surface area contributed by atoms with E-state index in [0.717, 1.165) is 25.2 Å². The van der Waals surface area contributed by atoms with E-state index in [2.05, 4.69) is 23.9 Å². The number of likely N-dealkylation sites (tertiary alicyclic amines) is 1. The highest BCUT2D eigenvalue weighted by atomic mass is 16.1. The fourth-order valence-electron chi connectivity index (χ4n) is 2.64. The zero-order chi connectivity index (χ0) is 14.0. The van der Waals surface area contributed by atoms with Crippen molar-refractivity contribution in [2.45, 2.75) is 18.9 Å². The molecule has 1 heterocycles. The van der Waals surface area contributed by atoms with Crippen LogP contribution < -0.4 is 16.4 Å². The van der Waals surface area contributed by atoms with Crippen molar-refractivity contribution in [3.63, 3.8) is 0 Å². The van der Waals surface area contributed by atoms with Gasteiger partial charge >= 0.3 is 0 Å². The number of rotatable bonds is 3. The van der Waals surface area contributed by atoms with Crippen LogP contribution in [-0.4, -0.2) is 44.0 Å². The first-order chi connectivity index (χ1) is 8.99.